The second kappa shape index (κ2) is 12.9. The zero-order chi connectivity index (χ0) is 33.3. The first kappa shape index (κ1) is 29.7. The van der Waals surface area contributed by atoms with Gasteiger partial charge in [0.1, 0.15) is 0 Å². The Morgan fingerprint density at radius 1 is 0.380 bits per heavy atom. The Bertz CT molecular complexity index is 2530. The minimum absolute atomic E-state index is 1.05. The molecule has 0 saturated carbocycles. The molecule has 1 aliphatic carbocycles. The van der Waals surface area contributed by atoms with Gasteiger partial charge in [-0.25, -0.2) is 0 Å². The Hall–Kier alpha value is -6.38. The van der Waals surface area contributed by atoms with Crippen LogP contribution in [0.3, 0.4) is 0 Å². The molecule has 0 spiro atoms. The van der Waals surface area contributed by atoms with Crippen LogP contribution in [0.25, 0.3) is 62.1 Å². The minimum atomic E-state index is 1.05. The van der Waals surface area contributed by atoms with Crippen LogP contribution >= 0.6 is 0 Å². The van der Waals surface area contributed by atoms with Crippen molar-refractivity contribution < 1.29 is 0 Å². The van der Waals surface area contributed by atoms with Crippen LogP contribution < -0.4 is 15.5 Å². The maximum Gasteiger partial charge on any atom is 0.0561 e. The van der Waals surface area contributed by atoms with E-state index < -0.39 is 0 Å². The molecular formula is C48H36N2. The molecule has 0 bridgehead atoms. The largest absolute Gasteiger partial charge is 0.310 e. The monoisotopic (exact) mass is 640 g/mol. The number of rotatable bonds is 7. The molecule has 1 heterocycles. The average Bonchev–Trinajstić information content (AvgIpc) is 3.53. The van der Waals surface area contributed by atoms with Gasteiger partial charge in [-0.15, -0.1) is 0 Å². The van der Waals surface area contributed by atoms with Gasteiger partial charge in [-0.2, -0.15) is 0 Å². The van der Waals surface area contributed by atoms with Gasteiger partial charge in [0.15, 0.2) is 0 Å². The normalized spacial score (nSPS) is 12.2. The summed E-state index contributed by atoms with van der Waals surface area (Å²) < 4.78 is 2.45. The molecule has 0 aliphatic heterocycles. The standard InChI is InChI=1S/C48H36N2/c1-4-12-35(13-5-1)37-20-22-38(23-21-37)40-26-30-43(31-27-40)50-47-19-11-10-18-45(47)46-33-32-44(34-48(46)50)49(41-16-8-3-9-17-41)42-28-24-39(25-29-42)36-14-6-2-7-15-36/h1-9,12-34H,10-11H2. The summed E-state index contributed by atoms with van der Waals surface area (Å²) in [4.78, 5) is 2.36. The third-order valence-electron chi connectivity index (χ3n) is 9.84. The smallest absolute Gasteiger partial charge is 0.0561 e. The van der Waals surface area contributed by atoms with E-state index in [1.165, 1.54) is 60.5 Å². The third kappa shape index (κ3) is 5.51. The predicted octanol–water partition coefficient (Wildman–Crippen LogP) is 11.5. The minimum Gasteiger partial charge on any atom is -0.310 e. The lowest BCUT2D eigenvalue weighted by molar-refractivity contribution is 1.02. The van der Waals surface area contributed by atoms with E-state index in [-0.39, 0.29) is 0 Å². The van der Waals surface area contributed by atoms with Crippen molar-refractivity contribution in [1.29, 1.82) is 0 Å². The molecule has 8 aromatic rings. The van der Waals surface area contributed by atoms with Crippen molar-refractivity contribution in [1.82, 2.24) is 4.57 Å². The van der Waals surface area contributed by atoms with Gasteiger partial charge in [-0.1, -0.05) is 146 Å². The second-order valence-corrected chi connectivity index (χ2v) is 12.9. The molecule has 2 heteroatoms. The summed E-state index contributed by atoms with van der Waals surface area (Å²) in [6, 6.07) is 65.6. The zero-order valence-electron chi connectivity index (χ0n) is 27.8. The van der Waals surface area contributed by atoms with Gasteiger partial charge in [0.25, 0.3) is 0 Å². The molecule has 50 heavy (non-hydrogen) atoms. The zero-order valence-corrected chi connectivity index (χ0v) is 27.8. The molecule has 9 rings (SSSR count). The van der Waals surface area contributed by atoms with Crippen LogP contribution in [0.15, 0.2) is 182 Å². The first-order valence-corrected chi connectivity index (χ1v) is 17.4. The summed E-state index contributed by atoms with van der Waals surface area (Å²) in [5, 5.41) is 3.89. The highest BCUT2D eigenvalue weighted by atomic mass is 15.1. The summed E-state index contributed by atoms with van der Waals surface area (Å²) >= 11 is 0. The Morgan fingerprint density at radius 3 is 1.40 bits per heavy atom. The first-order valence-electron chi connectivity index (χ1n) is 17.4. The van der Waals surface area contributed by atoms with Crippen LogP contribution in [0.1, 0.15) is 12.8 Å². The van der Waals surface area contributed by atoms with E-state index in [1.807, 2.05) is 0 Å². The Labute approximate surface area is 293 Å². The molecule has 0 N–H and O–H groups in total. The van der Waals surface area contributed by atoms with Gasteiger partial charge < -0.3 is 9.47 Å². The molecule has 0 amide bonds. The van der Waals surface area contributed by atoms with Crippen molar-refractivity contribution in [2.45, 2.75) is 12.8 Å². The van der Waals surface area contributed by atoms with Gasteiger partial charge >= 0.3 is 0 Å². The summed E-state index contributed by atoms with van der Waals surface area (Å²) in [7, 11) is 0. The Morgan fingerprint density at radius 2 is 0.820 bits per heavy atom. The number of fused-ring (bicyclic) bond motifs is 3. The molecule has 0 saturated heterocycles. The Balaban J connectivity index is 1.13. The van der Waals surface area contributed by atoms with E-state index in [1.54, 1.807) is 0 Å². The van der Waals surface area contributed by atoms with Crippen LogP contribution in [0.5, 0.6) is 0 Å². The average molecular weight is 641 g/mol. The Kier molecular flexibility index (Phi) is 7.68. The maximum absolute atomic E-state index is 2.45. The van der Waals surface area contributed by atoms with Crippen molar-refractivity contribution in [2.75, 3.05) is 4.90 Å². The molecule has 2 nitrogen and oxygen atoms in total. The number of para-hydroxylation sites is 1. The van der Waals surface area contributed by atoms with Crippen molar-refractivity contribution in [3.63, 3.8) is 0 Å². The van der Waals surface area contributed by atoms with E-state index >= 15 is 0 Å². The fourth-order valence-electron chi connectivity index (χ4n) is 7.35. The van der Waals surface area contributed by atoms with Crippen molar-refractivity contribution in [2.24, 2.45) is 0 Å². The van der Waals surface area contributed by atoms with Crippen LogP contribution in [0.4, 0.5) is 17.1 Å². The quantitative estimate of drug-likeness (QED) is 0.168. The molecule has 0 fully saturated rings. The maximum atomic E-state index is 2.45. The number of nitrogens with zero attached hydrogens (tertiary/aromatic N) is 2. The van der Waals surface area contributed by atoms with E-state index in [4.69, 9.17) is 0 Å². The fourth-order valence-corrected chi connectivity index (χ4v) is 7.35. The lowest BCUT2D eigenvalue weighted by atomic mass is 10.0. The van der Waals surface area contributed by atoms with Crippen molar-refractivity contribution >= 4 is 40.1 Å². The topological polar surface area (TPSA) is 8.17 Å². The van der Waals surface area contributed by atoms with E-state index in [9.17, 15) is 0 Å². The number of anilines is 3. The molecule has 238 valence electrons. The van der Waals surface area contributed by atoms with E-state index in [2.05, 4.69) is 204 Å². The molecule has 7 aromatic carbocycles. The highest BCUT2D eigenvalue weighted by Gasteiger charge is 2.17. The van der Waals surface area contributed by atoms with E-state index in [0.29, 0.717) is 0 Å². The van der Waals surface area contributed by atoms with Crippen LogP contribution in [0, 0.1) is 0 Å². The van der Waals surface area contributed by atoms with Crippen molar-refractivity contribution in [3.05, 3.63) is 193 Å². The lowest BCUT2D eigenvalue weighted by Gasteiger charge is -2.26. The highest BCUT2D eigenvalue weighted by Crippen LogP contribution is 2.37. The van der Waals surface area contributed by atoms with Gasteiger partial charge in [-0.05, 0) is 94.8 Å². The van der Waals surface area contributed by atoms with Crippen molar-refractivity contribution in [3.8, 4) is 39.1 Å². The molecule has 0 unspecified atom stereocenters. The summed E-state index contributed by atoms with van der Waals surface area (Å²) in [6.07, 6.45) is 6.93. The molecule has 1 aromatic heterocycles. The number of benzene rings is 7. The molecular weight excluding hydrogens is 605 g/mol. The first-order chi connectivity index (χ1) is 24.8. The van der Waals surface area contributed by atoms with Crippen LogP contribution in [0.2, 0.25) is 0 Å². The third-order valence-corrected chi connectivity index (χ3v) is 9.84. The summed E-state index contributed by atoms with van der Waals surface area (Å²) in [6.45, 7) is 0. The SMILES string of the molecule is C1=c2c(n(-c3ccc(-c4ccc(-c5ccccc5)cc4)cc3)c3cc(N(c4ccccc4)c4ccc(-c5ccccc5)cc4)ccc23)=CCC1. The molecule has 0 radical (unpaired) electrons. The summed E-state index contributed by atoms with van der Waals surface area (Å²) in [5.41, 5.74) is 13.1. The van der Waals surface area contributed by atoms with Gasteiger partial charge in [0.2, 0.25) is 0 Å². The summed E-state index contributed by atoms with van der Waals surface area (Å²) in [5.74, 6) is 0. The lowest BCUT2D eigenvalue weighted by Crippen LogP contribution is -2.30. The van der Waals surface area contributed by atoms with Gasteiger partial charge in [0, 0.05) is 38.7 Å². The molecule has 0 atom stereocenters. The number of hydrogen-bond donors (Lipinski definition) is 0. The number of hydrogen-bond acceptors (Lipinski definition) is 1. The highest BCUT2D eigenvalue weighted by molar-refractivity contribution is 5.90. The molecule has 1 aliphatic rings. The second-order valence-electron chi connectivity index (χ2n) is 12.9. The number of aromatic nitrogens is 1. The fraction of sp³-hybridized carbons (Fsp3) is 0.0417. The van der Waals surface area contributed by atoms with Crippen LogP contribution in [-0.4, -0.2) is 4.57 Å². The van der Waals surface area contributed by atoms with Gasteiger partial charge in [-0.3, -0.25) is 0 Å². The predicted molar refractivity (Wildman–Crippen MR) is 212 cm³/mol. The van der Waals surface area contributed by atoms with E-state index in [0.717, 1.165) is 29.9 Å². The van der Waals surface area contributed by atoms with Gasteiger partial charge in [0.05, 0.1) is 5.52 Å². The van der Waals surface area contributed by atoms with Crippen LogP contribution in [-0.2, 0) is 0 Å².